The predicted molar refractivity (Wildman–Crippen MR) is 192 cm³/mol. The van der Waals surface area contributed by atoms with E-state index in [-0.39, 0.29) is 36.6 Å². The van der Waals surface area contributed by atoms with Crippen molar-refractivity contribution < 1.29 is 53.3 Å². The molecule has 3 N–H and O–H groups in total. The smallest absolute Gasteiger partial charge is 0.311 e. The molecule has 0 aromatic heterocycles. The maximum absolute atomic E-state index is 14.2. The Kier molecular flexibility index (Phi) is 13.8. The first-order valence-electron chi connectivity index (χ1n) is 19.4. The van der Waals surface area contributed by atoms with Crippen LogP contribution in [0, 0.1) is 23.7 Å². The van der Waals surface area contributed by atoms with Gasteiger partial charge in [-0.05, 0) is 87.6 Å². The van der Waals surface area contributed by atoms with Gasteiger partial charge in [-0.2, -0.15) is 0 Å². The molecule has 0 aliphatic carbocycles. The number of nitrogens with zero attached hydrogens (tertiary/aromatic N) is 1. The van der Waals surface area contributed by atoms with Gasteiger partial charge in [0.1, 0.15) is 17.8 Å². The van der Waals surface area contributed by atoms with Gasteiger partial charge in [-0.15, -0.1) is 0 Å². The summed E-state index contributed by atoms with van der Waals surface area (Å²) in [6.07, 6.45) is -4.64. The number of carbonyl (C=O) groups excluding carboxylic acids is 1. The summed E-state index contributed by atoms with van der Waals surface area (Å²) in [5.74, 6) is -2.49. The Labute approximate surface area is 307 Å². The molecule has 2 bridgehead atoms. The molecule has 12 nitrogen and oxygen atoms in total. The van der Waals surface area contributed by atoms with Crippen molar-refractivity contribution in [1.29, 1.82) is 0 Å². The van der Waals surface area contributed by atoms with Crippen LogP contribution in [0.15, 0.2) is 0 Å². The molecule has 4 fully saturated rings. The first-order valence-corrected chi connectivity index (χ1v) is 19.4. The van der Waals surface area contributed by atoms with Crippen molar-refractivity contribution in [3.8, 4) is 0 Å². The Morgan fingerprint density at radius 3 is 2.18 bits per heavy atom. The van der Waals surface area contributed by atoms with Gasteiger partial charge in [0.2, 0.25) is 0 Å². The highest BCUT2D eigenvalue weighted by Crippen LogP contribution is 2.48. The molecule has 298 valence electrons. The number of hydrogen-bond acceptors (Lipinski definition) is 12. The van der Waals surface area contributed by atoms with Gasteiger partial charge in [0.05, 0.1) is 53.7 Å². The lowest BCUT2D eigenvalue weighted by atomic mass is 9.76. The Morgan fingerprint density at radius 1 is 0.941 bits per heavy atom. The van der Waals surface area contributed by atoms with Crippen LogP contribution in [-0.4, -0.2) is 131 Å². The zero-order valence-corrected chi connectivity index (χ0v) is 33.8. The number of likely N-dealkylation sites (N-methyl/N-ethyl adjacent to an activating group) is 1. The molecule has 0 aromatic rings. The van der Waals surface area contributed by atoms with Crippen molar-refractivity contribution in [2.45, 2.75) is 205 Å². The van der Waals surface area contributed by atoms with E-state index in [1.54, 1.807) is 14.0 Å². The zero-order valence-electron chi connectivity index (χ0n) is 33.8. The Bertz CT molecular complexity index is 1160. The number of aliphatic hydroxyl groups excluding tert-OH is 2. The minimum atomic E-state index is -1.76. The molecule has 51 heavy (non-hydrogen) atoms. The molecule has 0 spiro atoms. The number of cyclic esters (lactones) is 1. The third-order valence-electron chi connectivity index (χ3n) is 12.8. The number of esters is 1. The standard InChI is InChI=1S/C39H71NO11/c1-15-28-39(12,44)33(42)24(7)31-21(4)17-38(11,51-31)34(50-36-30(41)27(16-22(5)47-36)40(13)20(2)3)25(8)32(26(9)35(43)48-28)49-29-19-37(10,45-14)18-23(6)46-29/h20-34,36,41-42,44H,15-19H2,1-14H3/t21-,22+,23-,24-,25-,26+,27-,28+,29-,30+,31+,32-,33+,34+,36-,37-,38-,39+/m0/s1. The lowest BCUT2D eigenvalue weighted by Crippen LogP contribution is -2.60. The molecule has 0 saturated carbocycles. The molecular formula is C39H71NO11. The summed E-state index contributed by atoms with van der Waals surface area (Å²) in [4.78, 5) is 16.3. The fraction of sp³-hybridized carbons (Fsp3) is 0.974. The van der Waals surface area contributed by atoms with E-state index in [1.807, 2.05) is 55.5 Å². The summed E-state index contributed by atoms with van der Waals surface area (Å²) in [5, 5.41) is 35.3. The molecule has 0 aromatic carbocycles. The van der Waals surface area contributed by atoms with Crippen LogP contribution < -0.4 is 0 Å². The van der Waals surface area contributed by atoms with Gasteiger partial charge in [-0.3, -0.25) is 9.69 Å². The zero-order chi connectivity index (χ0) is 38.4. The van der Waals surface area contributed by atoms with Crippen LogP contribution in [0.4, 0.5) is 0 Å². The van der Waals surface area contributed by atoms with Gasteiger partial charge in [-0.1, -0.05) is 27.7 Å². The SMILES string of the molecule is CC[C@H]1OC(=O)[C@H](C)[C@@H](O[C@H]2C[C@@](C)(OC)C[C@H](C)O2)[C@H](C)[C@@H](O[C@@H]2O[C@H](C)C[C@H](N(C)C(C)C)[C@H]2O)[C@]2(C)C[C@H](C)[C@@H](O2)[C@H](C)[C@@H](O)[C@]1(C)O. The molecule has 4 saturated heterocycles. The van der Waals surface area contributed by atoms with E-state index in [0.29, 0.717) is 25.7 Å². The molecule has 0 amide bonds. The minimum absolute atomic E-state index is 0.0306. The van der Waals surface area contributed by atoms with Crippen LogP contribution >= 0.6 is 0 Å². The number of hydrogen-bond donors (Lipinski definition) is 3. The molecule has 4 aliphatic heterocycles. The first-order chi connectivity index (χ1) is 23.6. The lowest BCUT2D eigenvalue weighted by molar-refractivity contribution is -0.312. The van der Waals surface area contributed by atoms with Crippen molar-refractivity contribution in [3.05, 3.63) is 0 Å². The van der Waals surface area contributed by atoms with Crippen LogP contribution in [0.5, 0.6) is 0 Å². The molecule has 0 radical (unpaired) electrons. The fourth-order valence-electron chi connectivity index (χ4n) is 9.53. The average Bonchev–Trinajstić information content (AvgIpc) is 3.37. The molecule has 4 rings (SSSR count). The van der Waals surface area contributed by atoms with Gasteiger partial charge in [0.25, 0.3) is 0 Å². The topological polar surface area (TPSA) is 146 Å². The highest BCUT2D eigenvalue weighted by molar-refractivity contribution is 5.73. The van der Waals surface area contributed by atoms with Crippen LogP contribution in [-0.2, 0) is 38.0 Å². The molecule has 0 unspecified atom stereocenters. The van der Waals surface area contributed by atoms with E-state index in [4.69, 9.17) is 33.2 Å². The second-order valence-electron chi connectivity index (χ2n) is 17.6. The third-order valence-corrected chi connectivity index (χ3v) is 12.8. The molecule has 4 heterocycles. The molecule has 18 atom stereocenters. The summed E-state index contributed by atoms with van der Waals surface area (Å²) < 4.78 is 45.5. The summed E-state index contributed by atoms with van der Waals surface area (Å²) >= 11 is 0. The van der Waals surface area contributed by atoms with Crippen molar-refractivity contribution in [2.24, 2.45) is 23.7 Å². The summed E-state index contributed by atoms with van der Waals surface area (Å²) in [6, 6.07) is -0.0181. The number of fused-ring (bicyclic) bond motifs is 2. The monoisotopic (exact) mass is 730 g/mol. The number of rotatable bonds is 8. The Balaban J connectivity index is 1.83. The highest BCUT2D eigenvalue weighted by atomic mass is 16.7. The van der Waals surface area contributed by atoms with Gasteiger partial charge < -0.3 is 48.5 Å². The van der Waals surface area contributed by atoms with Crippen LogP contribution in [0.25, 0.3) is 0 Å². The Hall–Kier alpha value is -0.930. The van der Waals surface area contributed by atoms with Crippen molar-refractivity contribution in [1.82, 2.24) is 4.90 Å². The van der Waals surface area contributed by atoms with E-state index in [2.05, 4.69) is 25.7 Å². The van der Waals surface area contributed by atoms with Crippen molar-refractivity contribution in [2.75, 3.05) is 14.2 Å². The van der Waals surface area contributed by atoms with E-state index in [1.165, 1.54) is 6.92 Å². The van der Waals surface area contributed by atoms with Gasteiger partial charge in [0, 0.05) is 43.9 Å². The quantitative estimate of drug-likeness (QED) is 0.304. The molecule has 12 heteroatoms. The normalized spacial score (nSPS) is 50.4. The highest BCUT2D eigenvalue weighted by Gasteiger charge is 2.57. The fourth-order valence-corrected chi connectivity index (χ4v) is 9.53. The van der Waals surface area contributed by atoms with E-state index < -0.39 is 89.7 Å². The summed E-state index contributed by atoms with van der Waals surface area (Å²) in [6.45, 7) is 23.2. The molecule has 4 aliphatic rings. The van der Waals surface area contributed by atoms with E-state index in [9.17, 15) is 20.1 Å². The largest absolute Gasteiger partial charge is 0.459 e. The minimum Gasteiger partial charge on any atom is -0.459 e. The van der Waals surface area contributed by atoms with Crippen LogP contribution in [0.1, 0.15) is 115 Å². The summed E-state index contributed by atoms with van der Waals surface area (Å²) in [5.41, 5.74) is -3.21. The second-order valence-corrected chi connectivity index (χ2v) is 17.6. The number of aliphatic hydroxyl groups is 3. The summed E-state index contributed by atoms with van der Waals surface area (Å²) in [7, 11) is 3.69. The first kappa shape index (κ1) is 42.8. The second kappa shape index (κ2) is 16.4. The van der Waals surface area contributed by atoms with Crippen molar-refractivity contribution >= 4 is 5.97 Å². The number of carbonyl (C=O) groups is 1. The maximum atomic E-state index is 14.2. The van der Waals surface area contributed by atoms with Gasteiger partial charge in [-0.25, -0.2) is 0 Å². The average molecular weight is 730 g/mol. The van der Waals surface area contributed by atoms with Crippen LogP contribution in [0.3, 0.4) is 0 Å². The van der Waals surface area contributed by atoms with Crippen LogP contribution in [0.2, 0.25) is 0 Å². The van der Waals surface area contributed by atoms with Crippen molar-refractivity contribution in [3.63, 3.8) is 0 Å². The predicted octanol–water partition coefficient (Wildman–Crippen LogP) is 4.43. The van der Waals surface area contributed by atoms with E-state index in [0.717, 1.165) is 0 Å². The Morgan fingerprint density at radius 2 is 1.59 bits per heavy atom. The molecular weight excluding hydrogens is 658 g/mol. The third kappa shape index (κ3) is 8.97. The van der Waals surface area contributed by atoms with Gasteiger partial charge >= 0.3 is 5.97 Å². The number of ether oxygens (including phenoxy) is 7. The maximum Gasteiger partial charge on any atom is 0.311 e. The lowest BCUT2D eigenvalue weighted by Gasteiger charge is -2.48. The van der Waals surface area contributed by atoms with Gasteiger partial charge in [0.15, 0.2) is 12.6 Å². The van der Waals surface area contributed by atoms with E-state index >= 15 is 0 Å². The number of methoxy groups -OCH3 is 1.